The fraction of sp³-hybridized carbons (Fsp3) is 0.167. The summed E-state index contributed by atoms with van der Waals surface area (Å²) in [6, 6.07) is 7.23. The lowest BCUT2D eigenvalue weighted by Crippen LogP contribution is -2.15. The highest BCUT2D eigenvalue weighted by atomic mass is 16.5. The SMILES string of the molecule is COc1ccccc1NC(=O)Cc1cocn1. The van der Waals surface area contributed by atoms with Crippen molar-refractivity contribution < 1.29 is 13.9 Å². The van der Waals surface area contributed by atoms with Gasteiger partial charge in [0.05, 0.1) is 24.9 Å². The van der Waals surface area contributed by atoms with Crippen LogP contribution in [0.3, 0.4) is 0 Å². The van der Waals surface area contributed by atoms with E-state index in [0.29, 0.717) is 17.1 Å². The topological polar surface area (TPSA) is 64.4 Å². The van der Waals surface area contributed by atoms with Crippen LogP contribution in [0, 0.1) is 0 Å². The van der Waals surface area contributed by atoms with Gasteiger partial charge < -0.3 is 14.5 Å². The monoisotopic (exact) mass is 232 g/mol. The molecule has 0 spiro atoms. The molecule has 0 aliphatic heterocycles. The molecule has 1 N–H and O–H groups in total. The van der Waals surface area contributed by atoms with Crippen LogP contribution in [0.25, 0.3) is 0 Å². The Morgan fingerprint density at radius 3 is 3.00 bits per heavy atom. The number of anilines is 1. The largest absolute Gasteiger partial charge is 0.495 e. The van der Waals surface area contributed by atoms with Crippen molar-refractivity contribution in [3.63, 3.8) is 0 Å². The average Bonchev–Trinajstić information content (AvgIpc) is 2.82. The van der Waals surface area contributed by atoms with Crippen LogP contribution in [-0.2, 0) is 11.2 Å². The lowest BCUT2D eigenvalue weighted by Gasteiger charge is -2.08. The predicted molar refractivity (Wildman–Crippen MR) is 61.8 cm³/mol. The van der Waals surface area contributed by atoms with Gasteiger partial charge in [-0.15, -0.1) is 0 Å². The van der Waals surface area contributed by atoms with Crippen molar-refractivity contribution in [3.05, 3.63) is 42.6 Å². The number of amides is 1. The van der Waals surface area contributed by atoms with E-state index in [4.69, 9.17) is 9.15 Å². The first-order valence-corrected chi connectivity index (χ1v) is 5.09. The van der Waals surface area contributed by atoms with E-state index in [1.54, 1.807) is 19.2 Å². The van der Waals surface area contributed by atoms with E-state index in [9.17, 15) is 4.79 Å². The summed E-state index contributed by atoms with van der Waals surface area (Å²) in [4.78, 5) is 15.6. The number of carbonyl (C=O) groups is 1. The molecule has 0 bridgehead atoms. The van der Waals surface area contributed by atoms with Gasteiger partial charge in [0.25, 0.3) is 0 Å². The molecule has 17 heavy (non-hydrogen) atoms. The molecular formula is C12H12N2O3. The number of hydrogen-bond donors (Lipinski definition) is 1. The smallest absolute Gasteiger partial charge is 0.230 e. The average molecular weight is 232 g/mol. The van der Waals surface area contributed by atoms with Gasteiger partial charge in [-0.3, -0.25) is 4.79 Å². The summed E-state index contributed by atoms with van der Waals surface area (Å²) in [6.45, 7) is 0. The van der Waals surface area contributed by atoms with Gasteiger partial charge in [0.1, 0.15) is 12.0 Å². The molecule has 1 amide bonds. The van der Waals surface area contributed by atoms with E-state index < -0.39 is 0 Å². The number of nitrogens with one attached hydrogen (secondary N) is 1. The number of methoxy groups -OCH3 is 1. The van der Waals surface area contributed by atoms with Gasteiger partial charge in [-0.1, -0.05) is 12.1 Å². The first-order chi connectivity index (χ1) is 8.29. The van der Waals surface area contributed by atoms with Crippen molar-refractivity contribution in [2.75, 3.05) is 12.4 Å². The Bertz CT molecular complexity index is 494. The molecule has 0 aliphatic rings. The van der Waals surface area contributed by atoms with Gasteiger partial charge in [0.2, 0.25) is 5.91 Å². The van der Waals surface area contributed by atoms with E-state index in [1.165, 1.54) is 12.7 Å². The molecule has 88 valence electrons. The summed E-state index contributed by atoms with van der Waals surface area (Å²) in [6.07, 6.45) is 2.92. The number of oxazole rings is 1. The van der Waals surface area contributed by atoms with Crippen molar-refractivity contribution in [1.29, 1.82) is 0 Å². The minimum absolute atomic E-state index is 0.164. The fourth-order valence-electron chi connectivity index (χ4n) is 1.43. The maximum absolute atomic E-state index is 11.7. The zero-order valence-corrected chi connectivity index (χ0v) is 9.34. The van der Waals surface area contributed by atoms with Crippen molar-refractivity contribution in [3.8, 4) is 5.75 Å². The highest BCUT2D eigenvalue weighted by molar-refractivity contribution is 5.93. The maximum Gasteiger partial charge on any atom is 0.230 e. The van der Waals surface area contributed by atoms with Crippen molar-refractivity contribution in [2.24, 2.45) is 0 Å². The molecule has 1 aromatic heterocycles. The van der Waals surface area contributed by atoms with E-state index in [2.05, 4.69) is 10.3 Å². The van der Waals surface area contributed by atoms with Crippen LogP contribution in [0.15, 0.2) is 41.3 Å². The van der Waals surface area contributed by atoms with Crippen molar-refractivity contribution >= 4 is 11.6 Å². The lowest BCUT2D eigenvalue weighted by molar-refractivity contribution is -0.115. The van der Waals surface area contributed by atoms with E-state index in [-0.39, 0.29) is 12.3 Å². The molecule has 1 heterocycles. The molecule has 1 aromatic carbocycles. The molecule has 5 nitrogen and oxygen atoms in total. The second-order valence-corrected chi connectivity index (χ2v) is 3.41. The van der Waals surface area contributed by atoms with Crippen LogP contribution in [0.4, 0.5) is 5.69 Å². The highest BCUT2D eigenvalue weighted by Gasteiger charge is 2.08. The quantitative estimate of drug-likeness (QED) is 0.873. The Kier molecular flexibility index (Phi) is 3.40. The Labute approximate surface area is 98.4 Å². The Morgan fingerprint density at radius 1 is 1.47 bits per heavy atom. The number of carbonyl (C=O) groups excluding carboxylic acids is 1. The molecule has 5 heteroatoms. The molecule has 0 unspecified atom stereocenters. The second-order valence-electron chi connectivity index (χ2n) is 3.41. The van der Waals surface area contributed by atoms with Gasteiger partial charge >= 0.3 is 0 Å². The second kappa shape index (κ2) is 5.16. The zero-order valence-electron chi connectivity index (χ0n) is 9.34. The zero-order chi connectivity index (χ0) is 12.1. The van der Waals surface area contributed by atoms with Crippen LogP contribution in [0.5, 0.6) is 5.75 Å². The van der Waals surface area contributed by atoms with E-state index in [0.717, 1.165) is 0 Å². The van der Waals surface area contributed by atoms with Gasteiger partial charge in [0.15, 0.2) is 6.39 Å². The van der Waals surface area contributed by atoms with E-state index >= 15 is 0 Å². The van der Waals surface area contributed by atoms with Crippen molar-refractivity contribution in [1.82, 2.24) is 4.98 Å². The van der Waals surface area contributed by atoms with Gasteiger partial charge in [0, 0.05) is 0 Å². The third kappa shape index (κ3) is 2.84. The van der Waals surface area contributed by atoms with E-state index in [1.807, 2.05) is 12.1 Å². The summed E-state index contributed by atoms with van der Waals surface area (Å²) >= 11 is 0. The first-order valence-electron chi connectivity index (χ1n) is 5.09. The molecule has 2 rings (SSSR count). The number of rotatable bonds is 4. The van der Waals surface area contributed by atoms with Crippen LogP contribution in [0.1, 0.15) is 5.69 Å². The van der Waals surface area contributed by atoms with Crippen LogP contribution >= 0.6 is 0 Å². The molecule has 0 aliphatic carbocycles. The first kappa shape index (κ1) is 11.2. The summed E-state index contributed by atoms with van der Waals surface area (Å²) < 4.78 is 9.93. The molecule has 0 fully saturated rings. The Morgan fingerprint density at radius 2 is 2.29 bits per heavy atom. The number of ether oxygens (including phenoxy) is 1. The standard InChI is InChI=1S/C12H12N2O3/c1-16-11-5-3-2-4-10(11)14-12(15)6-9-7-17-8-13-9/h2-5,7-8H,6H2,1H3,(H,14,15). The van der Waals surface area contributed by atoms with Crippen LogP contribution < -0.4 is 10.1 Å². The number of nitrogens with zero attached hydrogens (tertiary/aromatic N) is 1. The highest BCUT2D eigenvalue weighted by Crippen LogP contribution is 2.22. The van der Waals surface area contributed by atoms with Crippen LogP contribution in [0.2, 0.25) is 0 Å². The third-order valence-electron chi connectivity index (χ3n) is 2.21. The summed E-state index contributed by atoms with van der Waals surface area (Å²) in [5.74, 6) is 0.462. The van der Waals surface area contributed by atoms with Gasteiger partial charge in [-0.05, 0) is 12.1 Å². The summed E-state index contributed by atoms with van der Waals surface area (Å²) in [5, 5.41) is 2.75. The molecule has 0 saturated heterocycles. The van der Waals surface area contributed by atoms with Gasteiger partial charge in [-0.25, -0.2) is 4.98 Å². The van der Waals surface area contributed by atoms with Crippen molar-refractivity contribution in [2.45, 2.75) is 6.42 Å². The molecule has 0 radical (unpaired) electrons. The summed E-state index contributed by atoms with van der Waals surface area (Å²) in [5.41, 5.74) is 1.24. The molecular weight excluding hydrogens is 220 g/mol. The minimum atomic E-state index is -0.164. The maximum atomic E-state index is 11.7. The molecule has 0 atom stereocenters. The van der Waals surface area contributed by atoms with Gasteiger partial charge in [-0.2, -0.15) is 0 Å². The molecule has 2 aromatic rings. The number of hydrogen-bond acceptors (Lipinski definition) is 4. The Hall–Kier alpha value is -2.30. The summed E-state index contributed by atoms with van der Waals surface area (Å²) in [7, 11) is 1.56. The Balaban J connectivity index is 2.03. The fourth-order valence-corrected chi connectivity index (χ4v) is 1.43. The molecule has 0 saturated carbocycles. The third-order valence-corrected chi connectivity index (χ3v) is 2.21. The lowest BCUT2D eigenvalue weighted by atomic mass is 10.2. The number of aromatic nitrogens is 1. The van der Waals surface area contributed by atoms with Crippen LogP contribution in [-0.4, -0.2) is 18.0 Å². The minimum Gasteiger partial charge on any atom is -0.495 e. The number of para-hydroxylation sites is 2. The normalized spacial score (nSPS) is 9.94. The predicted octanol–water partition coefficient (Wildman–Crippen LogP) is 1.86. The number of benzene rings is 1.